The average Bonchev–Trinajstić information content (AvgIpc) is 2.47. The molecule has 110 valence electrons. The summed E-state index contributed by atoms with van der Waals surface area (Å²) in [5.74, 6) is -0.103. The number of hydrogen-bond donors (Lipinski definition) is 2. The minimum Gasteiger partial charge on any atom is -0.384 e. The van der Waals surface area contributed by atoms with Gasteiger partial charge in [-0.25, -0.2) is 9.37 Å². The molecule has 0 aliphatic heterocycles. The number of nitrogens with two attached hydrogens (primary N) is 1. The lowest BCUT2D eigenvalue weighted by molar-refractivity contribution is -0.119. The maximum atomic E-state index is 13.1. The number of nitrogens with one attached hydrogen (secondary N) is 1. The van der Waals surface area contributed by atoms with Crippen LogP contribution in [0.1, 0.15) is 18.9 Å². The van der Waals surface area contributed by atoms with E-state index in [0.29, 0.717) is 24.3 Å². The minimum absolute atomic E-state index is 0.0852. The lowest BCUT2D eigenvalue weighted by atomic mass is 10.0. The highest BCUT2D eigenvalue weighted by Gasteiger charge is 2.13. The van der Waals surface area contributed by atoms with Gasteiger partial charge in [-0.15, -0.1) is 0 Å². The van der Waals surface area contributed by atoms with E-state index in [9.17, 15) is 9.18 Å². The standard InChI is InChI=1S/C16H18FN3O/c1-11(5-6-12-3-2-4-13(17)9-12)16(21)20-14-7-8-15(18)19-10-14/h2-4,7-11H,5-6H2,1H3,(H2,18,19)(H,20,21). The second-order valence-electron chi connectivity index (χ2n) is 5.03. The first-order chi connectivity index (χ1) is 10.0. The van der Waals surface area contributed by atoms with Gasteiger partial charge in [0.15, 0.2) is 0 Å². The van der Waals surface area contributed by atoms with Crippen LogP contribution < -0.4 is 11.1 Å². The summed E-state index contributed by atoms with van der Waals surface area (Å²) in [6.07, 6.45) is 2.83. The quantitative estimate of drug-likeness (QED) is 0.888. The Bertz CT molecular complexity index is 613. The number of halogens is 1. The van der Waals surface area contributed by atoms with E-state index in [4.69, 9.17) is 5.73 Å². The van der Waals surface area contributed by atoms with Crippen LogP contribution in [-0.4, -0.2) is 10.9 Å². The molecule has 1 aromatic carbocycles. The first-order valence-electron chi connectivity index (χ1n) is 6.81. The normalized spacial score (nSPS) is 11.9. The zero-order chi connectivity index (χ0) is 15.2. The van der Waals surface area contributed by atoms with Crippen LogP contribution in [0.5, 0.6) is 0 Å². The molecule has 0 aliphatic rings. The van der Waals surface area contributed by atoms with Crippen molar-refractivity contribution in [1.29, 1.82) is 0 Å². The maximum Gasteiger partial charge on any atom is 0.227 e. The molecule has 0 fully saturated rings. The van der Waals surface area contributed by atoms with Crippen molar-refractivity contribution in [2.45, 2.75) is 19.8 Å². The molecule has 0 radical (unpaired) electrons. The number of rotatable bonds is 5. The number of aromatic nitrogens is 1. The van der Waals surface area contributed by atoms with Gasteiger partial charge in [-0.3, -0.25) is 4.79 Å². The molecule has 0 spiro atoms. The van der Waals surface area contributed by atoms with Gasteiger partial charge in [0, 0.05) is 5.92 Å². The fourth-order valence-corrected chi connectivity index (χ4v) is 1.95. The molecular weight excluding hydrogens is 269 g/mol. The number of benzene rings is 1. The molecule has 2 aromatic rings. The Balaban J connectivity index is 1.86. The Labute approximate surface area is 123 Å². The van der Waals surface area contributed by atoms with Crippen molar-refractivity contribution in [2.75, 3.05) is 11.1 Å². The fourth-order valence-electron chi connectivity index (χ4n) is 1.95. The van der Waals surface area contributed by atoms with Crippen molar-refractivity contribution >= 4 is 17.4 Å². The largest absolute Gasteiger partial charge is 0.384 e. The molecule has 0 bridgehead atoms. The molecule has 1 atom stereocenters. The SMILES string of the molecule is CC(CCc1cccc(F)c1)C(=O)Nc1ccc(N)nc1. The monoisotopic (exact) mass is 287 g/mol. The van der Waals surface area contributed by atoms with Gasteiger partial charge in [0.05, 0.1) is 11.9 Å². The van der Waals surface area contributed by atoms with Crippen LogP contribution in [0, 0.1) is 11.7 Å². The fraction of sp³-hybridized carbons (Fsp3) is 0.250. The molecular formula is C16H18FN3O. The van der Waals surface area contributed by atoms with E-state index in [1.165, 1.54) is 18.3 Å². The highest BCUT2D eigenvalue weighted by atomic mass is 19.1. The zero-order valence-corrected chi connectivity index (χ0v) is 11.8. The van der Waals surface area contributed by atoms with E-state index in [0.717, 1.165) is 5.56 Å². The predicted octanol–water partition coefficient (Wildman–Crippen LogP) is 3.01. The molecule has 0 aliphatic carbocycles. The van der Waals surface area contributed by atoms with E-state index in [2.05, 4.69) is 10.3 Å². The number of pyridine rings is 1. The van der Waals surface area contributed by atoms with E-state index in [1.54, 1.807) is 18.2 Å². The van der Waals surface area contributed by atoms with Gasteiger partial charge in [-0.05, 0) is 42.7 Å². The van der Waals surface area contributed by atoms with Crippen molar-refractivity contribution in [3.63, 3.8) is 0 Å². The third-order valence-corrected chi connectivity index (χ3v) is 3.26. The summed E-state index contributed by atoms with van der Waals surface area (Å²) in [6.45, 7) is 1.85. The number of aryl methyl sites for hydroxylation is 1. The van der Waals surface area contributed by atoms with Gasteiger partial charge in [0.2, 0.25) is 5.91 Å². The van der Waals surface area contributed by atoms with Crippen LogP contribution in [0.3, 0.4) is 0 Å². The van der Waals surface area contributed by atoms with Gasteiger partial charge in [-0.2, -0.15) is 0 Å². The number of nitrogens with zero attached hydrogens (tertiary/aromatic N) is 1. The molecule has 4 nitrogen and oxygen atoms in total. The van der Waals surface area contributed by atoms with E-state index >= 15 is 0 Å². The van der Waals surface area contributed by atoms with E-state index in [-0.39, 0.29) is 17.6 Å². The van der Waals surface area contributed by atoms with Crippen LogP contribution in [0.4, 0.5) is 15.9 Å². The van der Waals surface area contributed by atoms with Crippen LogP contribution in [0.15, 0.2) is 42.6 Å². The summed E-state index contributed by atoms with van der Waals surface area (Å²) < 4.78 is 13.1. The van der Waals surface area contributed by atoms with Crippen LogP contribution in [0.25, 0.3) is 0 Å². The topological polar surface area (TPSA) is 68.0 Å². The zero-order valence-electron chi connectivity index (χ0n) is 11.8. The van der Waals surface area contributed by atoms with E-state index < -0.39 is 0 Å². The highest BCUT2D eigenvalue weighted by molar-refractivity contribution is 5.92. The smallest absolute Gasteiger partial charge is 0.227 e. The van der Waals surface area contributed by atoms with Crippen molar-refractivity contribution < 1.29 is 9.18 Å². The Morgan fingerprint density at radius 1 is 1.38 bits per heavy atom. The number of hydrogen-bond acceptors (Lipinski definition) is 3. The highest BCUT2D eigenvalue weighted by Crippen LogP contribution is 2.14. The molecule has 21 heavy (non-hydrogen) atoms. The maximum absolute atomic E-state index is 13.1. The van der Waals surface area contributed by atoms with Crippen molar-refractivity contribution in [3.05, 3.63) is 54.0 Å². The van der Waals surface area contributed by atoms with E-state index in [1.807, 2.05) is 13.0 Å². The molecule has 1 unspecified atom stereocenters. The predicted molar refractivity (Wildman–Crippen MR) is 81.2 cm³/mol. The average molecular weight is 287 g/mol. The van der Waals surface area contributed by atoms with Gasteiger partial charge >= 0.3 is 0 Å². The lowest BCUT2D eigenvalue weighted by Crippen LogP contribution is -2.21. The summed E-state index contributed by atoms with van der Waals surface area (Å²) >= 11 is 0. The summed E-state index contributed by atoms with van der Waals surface area (Å²) in [5.41, 5.74) is 7.00. The molecule has 5 heteroatoms. The molecule has 1 aromatic heterocycles. The molecule has 2 rings (SSSR count). The first kappa shape index (κ1) is 15.0. The molecule has 1 amide bonds. The molecule has 1 heterocycles. The van der Waals surface area contributed by atoms with Crippen LogP contribution >= 0.6 is 0 Å². The third-order valence-electron chi connectivity index (χ3n) is 3.26. The molecule has 0 saturated heterocycles. The van der Waals surface area contributed by atoms with Gasteiger partial charge in [0.1, 0.15) is 11.6 Å². The molecule has 3 N–H and O–H groups in total. The Morgan fingerprint density at radius 3 is 2.86 bits per heavy atom. The number of nitrogen functional groups attached to an aromatic ring is 1. The number of carbonyl (C=O) groups excluding carboxylic acids is 1. The number of carbonyl (C=O) groups is 1. The third kappa shape index (κ3) is 4.56. The summed E-state index contributed by atoms with van der Waals surface area (Å²) in [4.78, 5) is 16.0. The minimum atomic E-state index is -0.252. The van der Waals surface area contributed by atoms with Gasteiger partial charge in [0.25, 0.3) is 0 Å². The summed E-state index contributed by atoms with van der Waals surface area (Å²) in [5, 5.41) is 2.79. The van der Waals surface area contributed by atoms with Crippen LogP contribution in [-0.2, 0) is 11.2 Å². The Kier molecular flexibility index (Phi) is 4.87. The number of anilines is 2. The number of amides is 1. The van der Waals surface area contributed by atoms with Gasteiger partial charge < -0.3 is 11.1 Å². The van der Waals surface area contributed by atoms with Crippen molar-refractivity contribution in [2.24, 2.45) is 5.92 Å². The second-order valence-corrected chi connectivity index (χ2v) is 5.03. The Morgan fingerprint density at radius 2 is 2.19 bits per heavy atom. The lowest BCUT2D eigenvalue weighted by Gasteiger charge is -2.12. The molecule has 0 saturated carbocycles. The van der Waals surface area contributed by atoms with Crippen molar-refractivity contribution in [1.82, 2.24) is 4.98 Å². The first-order valence-corrected chi connectivity index (χ1v) is 6.81. The second kappa shape index (κ2) is 6.83. The van der Waals surface area contributed by atoms with Crippen molar-refractivity contribution in [3.8, 4) is 0 Å². The summed E-state index contributed by atoms with van der Waals surface area (Å²) in [7, 11) is 0. The Hall–Kier alpha value is -2.43. The van der Waals surface area contributed by atoms with Crippen LogP contribution in [0.2, 0.25) is 0 Å². The summed E-state index contributed by atoms with van der Waals surface area (Å²) in [6, 6.07) is 9.78. The van der Waals surface area contributed by atoms with Gasteiger partial charge in [-0.1, -0.05) is 19.1 Å².